The van der Waals surface area contributed by atoms with Crippen molar-refractivity contribution in [3.8, 4) is 0 Å². The minimum absolute atomic E-state index is 0.277. The number of H-pyrrole nitrogens is 1. The minimum Gasteiger partial charge on any atom is -0.357 e. The van der Waals surface area contributed by atoms with Gasteiger partial charge >= 0.3 is 0 Å². The highest BCUT2D eigenvalue weighted by Crippen LogP contribution is 2.21. The Hall–Kier alpha value is -2.63. The molecule has 0 saturated heterocycles. The zero-order valence-corrected chi connectivity index (χ0v) is 10.9. The fourth-order valence-corrected chi connectivity index (χ4v) is 2.16. The number of imidazole rings is 1. The molecule has 2 N–H and O–H groups in total. The van der Waals surface area contributed by atoms with Crippen molar-refractivity contribution in [3.05, 3.63) is 48.0 Å². The van der Waals surface area contributed by atoms with E-state index >= 15 is 0 Å². The zero-order valence-electron chi connectivity index (χ0n) is 10.9. The highest BCUT2D eigenvalue weighted by atomic mass is 19.1. The molecule has 0 saturated carbocycles. The maximum Gasteiger partial charge on any atom is 0.274 e. The zero-order chi connectivity index (χ0) is 14.1. The number of aromatic nitrogens is 3. The fourth-order valence-electron chi connectivity index (χ4n) is 2.16. The van der Waals surface area contributed by atoms with Crippen molar-refractivity contribution in [2.75, 3.05) is 5.32 Å². The molecule has 5 nitrogen and oxygen atoms in total. The second-order valence-corrected chi connectivity index (χ2v) is 4.35. The van der Waals surface area contributed by atoms with Gasteiger partial charge in [0.2, 0.25) is 5.95 Å². The third-order valence-corrected chi connectivity index (χ3v) is 3.09. The summed E-state index contributed by atoms with van der Waals surface area (Å²) in [4.78, 5) is 19.1. The number of fused-ring (bicyclic) bond motifs is 1. The lowest BCUT2D eigenvalue weighted by Crippen LogP contribution is -2.16. The van der Waals surface area contributed by atoms with E-state index in [4.69, 9.17) is 0 Å². The van der Waals surface area contributed by atoms with Crippen LogP contribution >= 0.6 is 0 Å². The Bertz CT molecular complexity index is 761. The van der Waals surface area contributed by atoms with Gasteiger partial charge in [0.1, 0.15) is 11.5 Å². The quantitative estimate of drug-likeness (QED) is 0.770. The smallest absolute Gasteiger partial charge is 0.274 e. The summed E-state index contributed by atoms with van der Waals surface area (Å²) in [5.41, 5.74) is 1.76. The summed E-state index contributed by atoms with van der Waals surface area (Å²) in [6.45, 7) is 2.57. The first kappa shape index (κ1) is 12.4. The van der Waals surface area contributed by atoms with Crippen molar-refractivity contribution >= 4 is 22.9 Å². The van der Waals surface area contributed by atoms with Crippen LogP contribution in [0.1, 0.15) is 17.4 Å². The van der Waals surface area contributed by atoms with Crippen LogP contribution in [0.2, 0.25) is 0 Å². The number of aromatic amines is 1. The number of anilines is 1. The third kappa shape index (κ3) is 2.05. The largest absolute Gasteiger partial charge is 0.357 e. The third-order valence-electron chi connectivity index (χ3n) is 3.09. The summed E-state index contributed by atoms with van der Waals surface area (Å²) in [6, 6.07) is 7.81. The number of amides is 1. The van der Waals surface area contributed by atoms with Crippen LogP contribution in [0.15, 0.2) is 36.5 Å². The molecule has 3 rings (SSSR count). The normalized spacial score (nSPS) is 10.9. The van der Waals surface area contributed by atoms with Gasteiger partial charge in [0, 0.05) is 18.8 Å². The molecule has 0 fully saturated rings. The molecule has 0 unspecified atom stereocenters. The summed E-state index contributed by atoms with van der Waals surface area (Å²) in [7, 11) is 0. The van der Waals surface area contributed by atoms with Crippen molar-refractivity contribution in [1.29, 1.82) is 0 Å². The van der Waals surface area contributed by atoms with Gasteiger partial charge in [0.15, 0.2) is 0 Å². The second kappa shape index (κ2) is 4.80. The summed E-state index contributed by atoms with van der Waals surface area (Å²) in [5, 5.41) is 2.73. The summed E-state index contributed by atoms with van der Waals surface area (Å²) in [5.74, 6) is -0.214. The lowest BCUT2D eigenvalue weighted by Gasteiger charge is -2.06. The summed E-state index contributed by atoms with van der Waals surface area (Å²) >= 11 is 0. The Morgan fingerprint density at radius 1 is 1.45 bits per heavy atom. The number of hydrogen-bond acceptors (Lipinski definition) is 2. The topological polar surface area (TPSA) is 62.7 Å². The van der Waals surface area contributed by atoms with Gasteiger partial charge in [-0.15, -0.1) is 0 Å². The fraction of sp³-hybridized carbons (Fsp3) is 0.143. The molecule has 3 aromatic rings. The average molecular weight is 272 g/mol. The molecule has 0 spiro atoms. The van der Waals surface area contributed by atoms with E-state index in [1.54, 1.807) is 24.4 Å². The van der Waals surface area contributed by atoms with Crippen LogP contribution < -0.4 is 5.32 Å². The maximum atomic E-state index is 13.2. The van der Waals surface area contributed by atoms with Crippen LogP contribution in [0.4, 0.5) is 10.3 Å². The number of aryl methyl sites for hydroxylation is 1. The van der Waals surface area contributed by atoms with Gasteiger partial charge in [-0.1, -0.05) is 0 Å². The molecule has 0 atom stereocenters. The average Bonchev–Trinajstić information content (AvgIpc) is 3.04. The van der Waals surface area contributed by atoms with Crippen LogP contribution in [0.3, 0.4) is 0 Å². The van der Waals surface area contributed by atoms with Gasteiger partial charge in [-0.05, 0) is 31.2 Å². The molecule has 0 radical (unpaired) electrons. The van der Waals surface area contributed by atoms with E-state index in [1.165, 1.54) is 12.1 Å². The van der Waals surface area contributed by atoms with Crippen LogP contribution in [0.5, 0.6) is 0 Å². The van der Waals surface area contributed by atoms with E-state index in [-0.39, 0.29) is 11.7 Å². The molecular weight excluding hydrogens is 259 g/mol. The van der Waals surface area contributed by atoms with E-state index in [2.05, 4.69) is 15.3 Å². The highest BCUT2D eigenvalue weighted by molar-refractivity contribution is 6.02. The van der Waals surface area contributed by atoms with Crippen molar-refractivity contribution in [3.63, 3.8) is 0 Å². The number of rotatable bonds is 3. The molecule has 2 heterocycles. The Morgan fingerprint density at radius 3 is 3.00 bits per heavy atom. The summed E-state index contributed by atoms with van der Waals surface area (Å²) in [6.07, 6.45) is 1.67. The first-order valence-electron chi connectivity index (χ1n) is 6.29. The number of halogens is 1. The van der Waals surface area contributed by atoms with E-state index in [0.717, 1.165) is 5.52 Å². The first-order chi connectivity index (χ1) is 9.69. The lowest BCUT2D eigenvalue weighted by atomic mass is 10.3. The Morgan fingerprint density at radius 2 is 2.30 bits per heavy atom. The highest BCUT2D eigenvalue weighted by Gasteiger charge is 2.14. The Kier molecular flexibility index (Phi) is 2.98. The van der Waals surface area contributed by atoms with Crippen LogP contribution in [0, 0.1) is 5.82 Å². The van der Waals surface area contributed by atoms with Crippen molar-refractivity contribution in [2.24, 2.45) is 0 Å². The van der Waals surface area contributed by atoms with E-state index in [9.17, 15) is 9.18 Å². The van der Waals surface area contributed by atoms with Crippen LogP contribution in [-0.2, 0) is 6.54 Å². The number of hydrogen-bond donors (Lipinski definition) is 2. The van der Waals surface area contributed by atoms with E-state index < -0.39 is 0 Å². The van der Waals surface area contributed by atoms with E-state index in [0.29, 0.717) is 23.7 Å². The molecule has 102 valence electrons. The number of carbonyl (C=O) groups is 1. The predicted molar refractivity (Wildman–Crippen MR) is 74.1 cm³/mol. The van der Waals surface area contributed by atoms with Gasteiger partial charge < -0.3 is 9.55 Å². The van der Waals surface area contributed by atoms with Gasteiger partial charge in [0.25, 0.3) is 5.91 Å². The van der Waals surface area contributed by atoms with Gasteiger partial charge in [-0.25, -0.2) is 9.37 Å². The van der Waals surface area contributed by atoms with Crippen LogP contribution in [0.25, 0.3) is 11.0 Å². The molecule has 1 amide bonds. The van der Waals surface area contributed by atoms with E-state index in [1.807, 2.05) is 11.5 Å². The van der Waals surface area contributed by atoms with Crippen molar-refractivity contribution in [2.45, 2.75) is 13.5 Å². The number of carbonyl (C=O) groups excluding carboxylic acids is 1. The standard InChI is InChI=1S/C14H13FN4O/c1-2-19-12-6-5-9(15)8-11(12)17-14(19)18-13(20)10-4-3-7-16-10/h3-8,16H,2H2,1H3,(H,17,18,20). The monoisotopic (exact) mass is 272 g/mol. The Labute approximate surface area is 114 Å². The van der Waals surface area contributed by atoms with Gasteiger partial charge in [-0.2, -0.15) is 0 Å². The van der Waals surface area contributed by atoms with Gasteiger partial charge in [0.05, 0.1) is 11.0 Å². The second-order valence-electron chi connectivity index (χ2n) is 4.35. The molecular formula is C14H13FN4O. The molecule has 2 aromatic heterocycles. The molecule has 0 aliphatic heterocycles. The molecule has 20 heavy (non-hydrogen) atoms. The van der Waals surface area contributed by atoms with Crippen molar-refractivity contribution < 1.29 is 9.18 Å². The van der Waals surface area contributed by atoms with Crippen molar-refractivity contribution in [1.82, 2.24) is 14.5 Å². The lowest BCUT2D eigenvalue weighted by molar-refractivity contribution is 0.102. The SMILES string of the molecule is CCn1c(NC(=O)c2ccc[nH]2)nc2cc(F)ccc21. The first-order valence-corrected chi connectivity index (χ1v) is 6.29. The molecule has 0 bridgehead atoms. The number of nitrogens with zero attached hydrogens (tertiary/aromatic N) is 2. The summed E-state index contributed by atoms with van der Waals surface area (Å²) < 4.78 is 15.1. The minimum atomic E-state index is -0.347. The molecule has 1 aromatic carbocycles. The Balaban J connectivity index is 2.00. The number of nitrogens with one attached hydrogen (secondary N) is 2. The molecule has 0 aliphatic carbocycles. The molecule has 6 heteroatoms. The van der Waals surface area contributed by atoms with Gasteiger partial charge in [-0.3, -0.25) is 10.1 Å². The number of benzene rings is 1. The molecule has 0 aliphatic rings. The maximum absolute atomic E-state index is 13.2. The predicted octanol–water partition coefficient (Wildman–Crippen LogP) is 2.78. The van der Waals surface area contributed by atoms with Crippen LogP contribution in [-0.4, -0.2) is 20.4 Å².